The molecule has 1 aromatic heterocycles. The molecule has 20 heavy (non-hydrogen) atoms. The number of aromatic nitrogens is 1. The maximum absolute atomic E-state index is 11.7. The molecule has 106 valence electrons. The second-order valence-corrected chi connectivity index (χ2v) is 5.98. The predicted octanol–water partition coefficient (Wildman–Crippen LogP) is 4.45. The van der Waals surface area contributed by atoms with Crippen molar-refractivity contribution in [1.82, 2.24) is 4.98 Å². The van der Waals surface area contributed by atoms with Gasteiger partial charge >= 0.3 is 5.97 Å². The van der Waals surface area contributed by atoms with E-state index < -0.39 is 5.97 Å². The van der Waals surface area contributed by atoms with Gasteiger partial charge in [-0.15, -0.1) is 11.3 Å². The van der Waals surface area contributed by atoms with Crippen LogP contribution in [0.3, 0.4) is 0 Å². The van der Waals surface area contributed by atoms with E-state index in [-0.39, 0.29) is 5.92 Å². The number of carbonyl (C=O) groups is 1. The number of benzene rings is 1. The van der Waals surface area contributed by atoms with E-state index in [9.17, 15) is 4.79 Å². The lowest BCUT2D eigenvalue weighted by Gasteiger charge is -2.02. The number of rotatable bonds is 4. The first-order valence-corrected chi connectivity index (χ1v) is 7.32. The number of hydrogen-bond acceptors (Lipinski definition) is 5. The van der Waals surface area contributed by atoms with Crippen molar-refractivity contribution in [3.05, 3.63) is 39.9 Å². The minimum absolute atomic E-state index is 0.205. The molecule has 0 amide bonds. The van der Waals surface area contributed by atoms with Crippen LogP contribution >= 0.6 is 22.9 Å². The zero-order valence-electron chi connectivity index (χ0n) is 11.4. The van der Waals surface area contributed by atoms with Crippen LogP contribution in [0.4, 0.5) is 10.8 Å². The van der Waals surface area contributed by atoms with Gasteiger partial charge in [0.15, 0.2) is 10.8 Å². The first-order chi connectivity index (χ1) is 9.51. The van der Waals surface area contributed by atoms with Gasteiger partial charge in [-0.3, -0.25) is 0 Å². The van der Waals surface area contributed by atoms with Crippen molar-refractivity contribution in [3.63, 3.8) is 0 Å². The third-order valence-electron chi connectivity index (χ3n) is 2.63. The van der Waals surface area contributed by atoms with Crippen LogP contribution < -0.4 is 5.32 Å². The SMILES string of the molecule is COC(=O)c1nc(Nc2cccc(Cl)c2)sc1C(C)C. The van der Waals surface area contributed by atoms with Gasteiger partial charge in [0.1, 0.15) is 0 Å². The molecule has 0 fully saturated rings. The van der Waals surface area contributed by atoms with E-state index in [0.717, 1.165) is 10.6 Å². The summed E-state index contributed by atoms with van der Waals surface area (Å²) in [5.74, 6) is -0.208. The summed E-state index contributed by atoms with van der Waals surface area (Å²) < 4.78 is 4.77. The minimum atomic E-state index is -0.413. The molecule has 0 saturated carbocycles. The molecule has 2 aromatic rings. The molecule has 0 unspecified atom stereocenters. The maximum Gasteiger partial charge on any atom is 0.357 e. The van der Waals surface area contributed by atoms with Gasteiger partial charge in [0, 0.05) is 15.6 Å². The Balaban J connectivity index is 2.31. The molecule has 4 nitrogen and oxygen atoms in total. The smallest absolute Gasteiger partial charge is 0.357 e. The van der Waals surface area contributed by atoms with Crippen molar-refractivity contribution in [3.8, 4) is 0 Å². The Morgan fingerprint density at radius 2 is 2.20 bits per heavy atom. The number of carbonyl (C=O) groups excluding carboxylic acids is 1. The fourth-order valence-corrected chi connectivity index (χ4v) is 2.88. The fourth-order valence-electron chi connectivity index (χ4n) is 1.71. The van der Waals surface area contributed by atoms with Crippen LogP contribution in [0.15, 0.2) is 24.3 Å². The summed E-state index contributed by atoms with van der Waals surface area (Å²) in [6.07, 6.45) is 0. The van der Waals surface area contributed by atoms with Gasteiger partial charge in [0.25, 0.3) is 0 Å². The average Bonchev–Trinajstić information content (AvgIpc) is 2.82. The normalized spacial score (nSPS) is 10.7. The van der Waals surface area contributed by atoms with Crippen molar-refractivity contribution in [2.75, 3.05) is 12.4 Å². The summed E-state index contributed by atoms with van der Waals surface area (Å²) in [7, 11) is 1.36. The Hall–Kier alpha value is -1.59. The van der Waals surface area contributed by atoms with E-state index in [1.807, 2.05) is 26.0 Å². The van der Waals surface area contributed by atoms with Crippen LogP contribution in [0, 0.1) is 0 Å². The zero-order valence-corrected chi connectivity index (χ0v) is 13.0. The molecule has 1 N–H and O–H groups in total. The quantitative estimate of drug-likeness (QED) is 0.848. The summed E-state index contributed by atoms with van der Waals surface area (Å²) in [6.45, 7) is 4.03. The number of nitrogens with zero attached hydrogens (tertiary/aromatic N) is 1. The number of hydrogen-bond donors (Lipinski definition) is 1. The highest BCUT2D eigenvalue weighted by molar-refractivity contribution is 7.16. The Bertz CT molecular complexity index is 625. The third-order valence-corrected chi connectivity index (χ3v) is 4.14. The van der Waals surface area contributed by atoms with Crippen LogP contribution in [-0.4, -0.2) is 18.1 Å². The van der Waals surface area contributed by atoms with E-state index >= 15 is 0 Å². The Kier molecular flexibility index (Phi) is 4.62. The monoisotopic (exact) mass is 310 g/mol. The van der Waals surface area contributed by atoms with Gasteiger partial charge < -0.3 is 10.1 Å². The third kappa shape index (κ3) is 3.29. The number of methoxy groups -OCH3 is 1. The second kappa shape index (κ2) is 6.24. The highest BCUT2D eigenvalue weighted by atomic mass is 35.5. The van der Waals surface area contributed by atoms with Crippen LogP contribution in [0.1, 0.15) is 35.1 Å². The summed E-state index contributed by atoms with van der Waals surface area (Å²) in [6, 6.07) is 7.34. The molecule has 0 spiro atoms. The molecule has 6 heteroatoms. The molecule has 0 aliphatic rings. The molecule has 2 rings (SSSR count). The van der Waals surface area contributed by atoms with Crippen molar-refractivity contribution in [2.45, 2.75) is 19.8 Å². The molecule has 0 aliphatic heterocycles. The number of halogens is 1. The second-order valence-electron chi connectivity index (χ2n) is 4.51. The molecular formula is C14H15ClN2O2S. The lowest BCUT2D eigenvalue weighted by molar-refractivity contribution is 0.0593. The van der Waals surface area contributed by atoms with Crippen LogP contribution in [0.2, 0.25) is 5.02 Å². The summed E-state index contributed by atoms with van der Waals surface area (Å²) in [5.41, 5.74) is 1.20. The summed E-state index contributed by atoms with van der Waals surface area (Å²) >= 11 is 7.39. The number of esters is 1. The molecule has 0 radical (unpaired) electrons. The van der Waals surface area contributed by atoms with Gasteiger partial charge in [-0.25, -0.2) is 9.78 Å². The summed E-state index contributed by atoms with van der Waals surface area (Å²) in [4.78, 5) is 17.0. The molecule has 1 aromatic carbocycles. The Labute approximate surface area is 126 Å². The van der Waals surface area contributed by atoms with Crippen LogP contribution in [0.25, 0.3) is 0 Å². The van der Waals surface area contributed by atoms with Crippen molar-refractivity contribution in [1.29, 1.82) is 0 Å². The van der Waals surface area contributed by atoms with Gasteiger partial charge in [-0.1, -0.05) is 31.5 Å². The van der Waals surface area contributed by atoms with Gasteiger partial charge in [0.2, 0.25) is 0 Å². The van der Waals surface area contributed by atoms with E-state index in [1.54, 1.807) is 12.1 Å². The zero-order chi connectivity index (χ0) is 14.7. The molecule has 1 heterocycles. The lowest BCUT2D eigenvalue weighted by Crippen LogP contribution is -2.05. The topological polar surface area (TPSA) is 51.2 Å². The van der Waals surface area contributed by atoms with Gasteiger partial charge in [0.05, 0.1) is 7.11 Å². The number of nitrogens with one attached hydrogen (secondary N) is 1. The molecule has 0 saturated heterocycles. The number of ether oxygens (including phenoxy) is 1. The van der Waals surface area contributed by atoms with E-state index in [1.165, 1.54) is 18.4 Å². The van der Waals surface area contributed by atoms with Crippen molar-refractivity contribution in [2.24, 2.45) is 0 Å². The number of anilines is 2. The first-order valence-electron chi connectivity index (χ1n) is 6.13. The average molecular weight is 311 g/mol. The van der Waals surface area contributed by atoms with E-state index in [4.69, 9.17) is 16.3 Å². The van der Waals surface area contributed by atoms with Crippen molar-refractivity contribution < 1.29 is 9.53 Å². The highest BCUT2D eigenvalue weighted by Crippen LogP contribution is 2.32. The first kappa shape index (κ1) is 14.8. The standard InChI is InChI=1S/C14H15ClN2O2S/c1-8(2)12-11(13(18)19-3)17-14(20-12)16-10-6-4-5-9(15)7-10/h4-8H,1-3H3,(H,16,17). The Morgan fingerprint density at radius 3 is 2.80 bits per heavy atom. The van der Waals surface area contributed by atoms with E-state index in [2.05, 4.69) is 10.3 Å². The van der Waals surface area contributed by atoms with Crippen molar-refractivity contribution >= 4 is 39.7 Å². The summed E-state index contributed by atoms with van der Waals surface area (Å²) in [5, 5.41) is 4.45. The highest BCUT2D eigenvalue weighted by Gasteiger charge is 2.20. The van der Waals surface area contributed by atoms with Crippen LogP contribution in [0.5, 0.6) is 0 Å². The van der Waals surface area contributed by atoms with Gasteiger partial charge in [-0.2, -0.15) is 0 Å². The molecule has 0 aliphatic carbocycles. The fraction of sp³-hybridized carbons (Fsp3) is 0.286. The lowest BCUT2D eigenvalue weighted by atomic mass is 10.1. The largest absolute Gasteiger partial charge is 0.464 e. The van der Waals surface area contributed by atoms with Crippen LogP contribution in [-0.2, 0) is 4.74 Å². The molecular weight excluding hydrogens is 296 g/mol. The minimum Gasteiger partial charge on any atom is -0.464 e. The van der Waals surface area contributed by atoms with E-state index in [0.29, 0.717) is 15.8 Å². The Morgan fingerprint density at radius 1 is 1.45 bits per heavy atom. The molecule has 0 atom stereocenters. The number of thiazole rings is 1. The predicted molar refractivity (Wildman–Crippen MR) is 82.3 cm³/mol. The molecule has 0 bridgehead atoms. The maximum atomic E-state index is 11.7. The van der Waals surface area contributed by atoms with Gasteiger partial charge in [-0.05, 0) is 24.1 Å².